The molecule has 1 unspecified atom stereocenters. The number of rotatable bonds is 3. The summed E-state index contributed by atoms with van der Waals surface area (Å²) in [6.45, 7) is 0. The van der Waals surface area contributed by atoms with Crippen LogP contribution in [0.3, 0.4) is 0 Å². The highest BCUT2D eigenvalue weighted by Gasteiger charge is 2.33. The van der Waals surface area contributed by atoms with E-state index in [1.165, 1.54) is 0 Å². The summed E-state index contributed by atoms with van der Waals surface area (Å²) >= 11 is 0. The molecule has 0 saturated carbocycles. The number of aromatic nitrogens is 3. The van der Waals surface area contributed by atoms with Gasteiger partial charge in [0.1, 0.15) is 0 Å². The van der Waals surface area contributed by atoms with Gasteiger partial charge >= 0.3 is 0 Å². The van der Waals surface area contributed by atoms with Crippen molar-refractivity contribution in [2.75, 3.05) is 0 Å². The maximum atomic E-state index is 12.0. The van der Waals surface area contributed by atoms with Crippen molar-refractivity contribution >= 4 is 10.9 Å². The van der Waals surface area contributed by atoms with Crippen molar-refractivity contribution in [2.24, 2.45) is 7.05 Å². The summed E-state index contributed by atoms with van der Waals surface area (Å²) in [5.41, 5.74) is 3.11. The van der Waals surface area contributed by atoms with Crippen LogP contribution >= 0.6 is 0 Å². The first kappa shape index (κ1) is 22.6. The summed E-state index contributed by atoms with van der Waals surface area (Å²) < 4.78 is 1.71. The molecule has 0 spiro atoms. The largest absolute Gasteiger partial charge is 0.368 e. The zero-order valence-corrected chi connectivity index (χ0v) is 19.3. The quantitative estimate of drug-likeness (QED) is 0.391. The fraction of sp³-hybridized carbons (Fsp3) is 0.0667. The Kier molecular flexibility index (Phi) is 5.77. The molecule has 36 heavy (non-hydrogen) atoms. The van der Waals surface area contributed by atoms with Crippen LogP contribution in [-0.2, 0) is 12.6 Å². The van der Waals surface area contributed by atoms with Gasteiger partial charge in [-0.1, -0.05) is 42.2 Å². The van der Waals surface area contributed by atoms with Crippen LogP contribution in [0.1, 0.15) is 27.9 Å². The number of nitriles is 2. The van der Waals surface area contributed by atoms with Crippen molar-refractivity contribution in [3.8, 4) is 35.1 Å². The second-order valence-electron chi connectivity index (χ2n) is 8.29. The van der Waals surface area contributed by atoms with Gasteiger partial charge in [0.25, 0.3) is 0 Å². The van der Waals surface area contributed by atoms with Gasteiger partial charge in [-0.05, 0) is 42.5 Å². The third-order valence-electron chi connectivity index (χ3n) is 6.07. The molecule has 0 bridgehead atoms. The number of imidazole rings is 1. The molecule has 1 N–H and O–H groups in total. The van der Waals surface area contributed by atoms with Gasteiger partial charge in [0.15, 0.2) is 5.60 Å². The van der Waals surface area contributed by atoms with Crippen molar-refractivity contribution < 1.29 is 5.11 Å². The molecule has 2 heterocycles. The zero-order chi connectivity index (χ0) is 25.1. The van der Waals surface area contributed by atoms with E-state index in [2.05, 4.69) is 33.9 Å². The molecule has 6 heteroatoms. The van der Waals surface area contributed by atoms with Crippen molar-refractivity contribution in [3.63, 3.8) is 0 Å². The Bertz CT molecular complexity index is 1740. The highest BCUT2D eigenvalue weighted by molar-refractivity contribution is 5.95. The van der Waals surface area contributed by atoms with E-state index < -0.39 is 5.60 Å². The lowest BCUT2D eigenvalue weighted by Gasteiger charge is -2.24. The lowest BCUT2D eigenvalue weighted by atomic mass is 9.86. The predicted molar refractivity (Wildman–Crippen MR) is 136 cm³/mol. The number of hydrogen-bond donors (Lipinski definition) is 1. The summed E-state index contributed by atoms with van der Waals surface area (Å²) in [5, 5.41) is 31.9. The van der Waals surface area contributed by atoms with E-state index in [9.17, 15) is 10.4 Å². The molecule has 5 aromatic rings. The number of para-hydroxylation sites is 1. The third kappa shape index (κ3) is 3.97. The molecule has 0 aliphatic heterocycles. The number of hydrogen-bond acceptors (Lipinski definition) is 5. The minimum atomic E-state index is -1.72. The van der Waals surface area contributed by atoms with Gasteiger partial charge in [-0.2, -0.15) is 10.5 Å². The second kappa shape index (κ2) is 9.20. The summed E-state index contributed by atoms with van der Waals surface area (Å²) in [4.78, 5) is 8.73. The van der Waals surface area contributed by atoms with Gasteiger partial charge in [0.05, 0.1) is 47.0 Å². The summed E-state index contributed by atoms with van der Waals surface area (Å²) in [5.74, 6) is 6.07. The highest BCUT2D eigenvalue weighted by Crippen LogP contribution is 2.35. The monoisotopic (exact) mass is 465 g/mol. The van der Waals surface area contributed by atoms with Gasteiger partial charge in [-0.3, -0.25) is 4.98 Å². The van der Waals surface area contributed by atoms with E-state index in [1.807, 2.05) is 30.3 Å². The summed E-state index contributed by atoms with van der Waals surface area (Å²) in [6, 6.07) is 26.0. The van der Waals surface area contributed by atoms with E-state index in [0.29, 0.717) is 33.5 Å². The standard InChI is InChI=1S/C30H19N5O/c1-35-20-33-19-28(35)30(36,14-13-21-7-9-22(17-31)10-8-21)25-12-11-24(18-32)27(16-25)26-6-2-4-23-5-3-15-34-29(23)26/h2-12,15-16,19-20,36H,1H3. The smallest absolute Gasteiger partial charge is 0.194 e. The molecule has 0 fully saturated rings. The number of fused-ring (bicyclic) bond motifs is 1. The fourth-order valence-electron chi connectivity index (χ4n) is 4.19. The molecule has 0 aliphatic carbocycles. The number of nitrogens with zero attached hydrogens (tertiary/aromatic N) is 5. The normalized spacial score (nSPS) is 12.1. The zero-order valence-electron chi connectivity index (χ0n) is 19.3. The number of aliphatic hydroxyl groups is 1. The SMILES string of the molecule is Cn1cncc1C(O)(C#Cc1ccc(C#N)cc1)c1ccc(C#N)c(-c2cccc3cccnc23)c1. The molecule has 0 aliphatic rings. The van der Waals surface area contributed by atoms with Crippen molar-refractivity contribution in [3.05, 3.63) is 119 Å². The van der Waals surface area contributed by atoms with Crippen LogP contribution in [0.15, 0.2) is 91.5 Å². The van der Waals surface area contributed by atoms with Crippen LogP contribution in [-0.4, -0.2) is 19.6 Å². The highest BCUT2D eigenvalue weighted by atomic mass is 16.3. The average Bonchev–Trinajstić information content (AvgIpc) is 3.37. The van der Waals surface area contributed by atoms with Crippen LogP contribution in [0, 0.1) is 34.5 Å². The van der Waals surface area contributed by atoms with Gasteiger partial charge in [0, 0.05) is 40.9 Å². The molecule has 0 radical (unpaired) electrons. The molecule has 0 amide bonds. The van der Waals surface area contributed by atoms with Crippen molar-refractivity contribution in [2.45, 2.75) is 5.60 Å². The molecule has 2 aromatic heterocycles. The predicted octanol–water partition coefficient (Wildman–Crippen LogP) is 4.67. The van der Waals surface area contributed by atoms with Gasteiger partial charge in [0.2, 0.25) is 0 Å². The van der Waals surface area contributed by atoms with Crippen molar-refractivity contribution in [1.82, 2.24) is 14.5 Å². The van der Waals surface area contributed by atoms with Crippen molar-refractivity contribution in [1.29, 1.82) is 10.5 Å². The first-order valence-electron chi connectivity index (χ1n) is 11.1. The molecule has 6 nitrogen and oxygen atoms in total. The first-order valence-corrected chi connectivity index (χ1v) is 11.1. The molecule has 170 valence electrons. The fourth-order valence-corrected chi connectivity index (χ4v) is 4.19. The number of benzene rings is 3. The molecule has 1 atom stereocenters. The van der Waals surface area contributed by atoms with Crippen LogP contribution in [0.4, 0.5) is 0 Å². The van der Waals surface area contributed by atoms with E-state index in [1.54, 1.807) is 72.8 Å². The number of aryl methyl sites for hydroxylation is 1. The third-order valence-corrected chi connectivity index (χ3v) is 6.07. The Morgan fingerprint density at radius 3 is 2.39 bits per heavy atom. The Morgan fingerprint density at radius 2 is 1.67 bits per heavy atom. The van der Waals surface area contributed by atoms with Crippen LogP contribution in [0.2, 0.25) is 0 Å². The Morgan fingerprint density at radius 1 is 0.889 bits per heavy atom. The Hall–Kier alpha value is -5.22. The molecule has 0 saturated heterocycles. The minimum Gasteiger partial charge on any atom is -0.368 e. The topological polar surface area (TPSA) is 98.5 Å². The average molecular weight is 466 g/mol. The first-order chi connectivity index (χ1) is 17.5. The maximum absolute atomic E-state index is 12.0. The molecular formula is C30H19N5O. The minimum absolute atomic E-state index is 0.462. The molecular weight excluding hydrogens is 446 g/mol. The summed E-state index contributed by atoms with van der Waals surface area (Å²) in [6.07, 6.45) is 4.89. The van der Waals surface area contributed by atoms with Gasteiger partial charge in [-0.25, -0.2) is 4.98 Å². The summed E-state index contributed by atoms with van der Waals surface area (Å²) in [7, 11) is 1.79. The second-order valence-corrected chi connectivity index (χ2v) is 8.29. The Balaban J connectivity index is 1.72. The van der Waals surface area contributed by atoms with Crippen LogP contribution in [0.5, 0.6) is 0 Å². The van der Waals surface area contributed by atoms with Gasteiger partial charge in [-0.15, -0.1) is 0 Å². The van der Waals surface area contributed by atoms with E-state index >= 15 is 0 Å². The maximum Gasteiger partial charge on any atom is 0.194 e. The molecule has 3 aromatic carbocycles. The lowest BCUT2D eigenvalue weighted by Crippen LogP contribution is -2.28. The van der Waals surface area contributed by atoms with E-state index in [-0.39, 0.29) is 0 Å². The van der Waals surface area contributed by atoms with E-state index in [4.69, 9.17) is 5.26 Å². The number of pyridine rings is 1. The van der Waals surface area contributed by atoms with Crippen LogP contribution in [0.25, 0.3) is 22.0 Å². The van der Waals surface area contributed by atoms with Crippen LogP contribution < -0.4 is 0 Å². The lowest BCUT2D eigenvalue weighted by molar-refractivity contribution is 0.137. The molecule has 5 rings (SSSR count). The Labute approximate surface area is 208 Å². The van der Waals surface area contributed by atoms with Gasteiger partial charge < -0.3 is 9.67 Å². The van der Waals surface area contributed by atoms with E-state index in [0.717, 1.165) is 16.5 Å².